The second kappa shape index (κ2) is 6.95. The molecule has 6 nitrogen and oxygen atoms in total. The molecule has 0 unspecified atom stereocenters. The van der Waals surface area contributed by atoms with Crippen molar-refractivity contribution in [3.63, 3.8) is 0 Å². The van der Waals surface area contributed by atoms with Crippen molar-refractivity contribution < 1.29 is 13.3 Å². The molecule has 0 spiro atoms. The van der Waals surface area contributed by atoms with Crippen molar-refractivity contribution in [1.82, 2.24) is 4.31 Å². The fourth-order valence-electron chi connectivity index (χ4n) is 3.30. The second-order valence-corrected chi connectivity index (χ2v) is 9.22. The molecule has 27 heavy (non-hydrogen) atoms. The van der Waals surface area contributed by atoms with Gasteiger partial charge in [0.1, 0.15) is 0 Å². The molecule has 1 aliphatic heterocycles. The van der Waals surface area contributed by atoms with Crippen LogP contribution in [0, 0.1) is 10.1 Å². The van der Waals surface area contributed by atoms with Crippen molar-refractivity contribution in [1.29, 1.82) is 0 Å². The van der Waals surface area contributed by atoms with Gasteiger partial charge in [-0.15, -0.1) is 11.8 Å². The summed E-state index contributed by atoms with van der Waals surface area (Å²) in [5, 5.41) is 12.1. The van der Waals surface area contributed by atoms with E-state index in [4.69, 9.17) is 0 Å². The number of benzene rings is 3. The van der Waals surface area contributed by atoms with Crippen LogP contribution in [0.25, 0.3) is 10.8 Å². The third kappa shape index (κ3) is 3.20. The van der Waals surface area contributed by atoms with Crippen LogP contribution in [0.4, 0.5) is 5.69 Å². The van der Waals surface area contributed by atoms with Crippen LogP contribution in [0.15, 0.2) is 71.6 Å². The number of nitro benzene ring substituents is 1. The molecule has 3 aromatic rings. The molecule has 1 heterocycles. The largest absolute Gasteiger partial charge is 0.269 e. The molecule has 1 saturated heterocycles. The van der Waals surface area contributed by atoms with Crippen LogP contribution in [0.2, 0.25) is 0 Å². The first-order chi connectivity index (χ1) is 13.0. The number of thioether (sulfide) groups is 1. The van der Waals surface area contributed by atoms with Gasteiger partial charge in [0.2, 0.25) is 10.0 Å². The van der Waals surface area contributed by atoms with E-state index < -0.39 is 20.3 Å². The highest BCUT2D eigenvalue weighted by Gasteiger charge is 2.38. The zero-order chi connectivity index (χ0) is 19.0. The first-order valence-corrected chi connectivity index (χ1v) is 10.8. The van der Waals surface area contributed by atoms with E-state index in [-0.39, 0.29) is 10.6 Å². The molecule has 1 atom stereocenters. The summed E-state index contributed by atoms with van der Waals surface area (Å²) in [6.45, 7) is 0.365. The van der Waals surface area contributed by atoms with E-state index in [1.807, 2.05) is 24.3 Å². The molecule has 138 valence electrons. The summed E-state index contributed by atoms with van der Waals surface area (Å²) < 4.78 is 28.3. The number of nitro groups is 1. The molecule has 3 aromatic carbocycles. The molecule has 0 aromatic heterocycles. The Labute approximate surface area is 161 Å². The van der Waals surface area contributed by atoms with Gasteiger partial charge in [-0.05, 0) is 17.0 Å². The van der Waals surface area contributed by atoms with E-state index in [0.29, 0.717) is 23.2 Å². The lowest BCUT2D eigenvalue weighted by molar-refractivity contribution is -0.384. The number of non-ortho nitro benzene ring substituents is 1. The Morgan fingerprint density at radius 3 is 2.59 bits per heavy atom. The minimum atomic E-state index is -3.75. The molecule has 1 aliphatic rings. The van der Waals surface area contributed by atoms with Crippen molar-refractivity contribution in [2.75, 3.05) is 12.3 Å². The van der Waals surface area contributed by atoms with Crippen molar-refractivity contribution in [2.45, 2.75) is 10.3 Å². The molecule has 0 bridgehead atoms. The summed E-state index contributed by atoms with van der Waals surface area (Å²) >= 11 is 1.48. The average Bonchev–Trinajstić information content (AvgIpc) is 3.18. The monoisotopic (exact) mass is 400 g/mol. The van der Waals surface area contributed by atoms with Gasteiger partial charge in [-0.1, -0.05) is 48.5 Å². The predicted molar refractivity (Wildman–Crippen MR) is 106 cm³/mol. The fourth-order valence-corrected chi connectivity index (χ4v) is 6.75. The molecule has 8 heteroatoms. The van der Waals surface area contributed by atoms with Gasteiger partial charge >= 0.3 is 0 Å². The van der Waals surface area contributed by atoms with Crippen LogP contribution in [0.3, 0.4) is 0 Å². The van der Waals surface area contributed by atoms with Crippen LogP contribution in [-0.4, -0.2) is 29.9 Å². The van der Waals surface area contributed by atoms with E-state index in [0.717, 1.165) is 5.39 Å². The third-order valence-electron chi connectivity index (χ3n) is 4.55. The third-order valence-corrected chi connectivity index (χ3v) is 7.87. The van der Waals surface area contributed by atoms with E-state index in [1.54, 1.807) is 30.3 Å². The molecular formula is C19H16N2O4S2. The molecule has 0 N–H and O–H groups in total. The lowest BCUT2D eigenvalue weighted by atomic mass is 10.1. The van der Waals surface area contributed by atoms with E-state index in [2.05, 4.69) is 0 Å². The maximum atomic E-state index is 13.4. The van der Waals surface area contributed by atoms with Gasteiger partial charge in [-0.3, -0.25) is 10.1 Å². The number of rotatable bonds is 4. The lowest BCUT2D eigenvalue weighted by Crippen LogP contribution is -2.30. The highest BCUT2D eigenvalue weighted by molar-refractivity contribution is 8.01. The zero-order valence-corrected chi connectivity index (χ0v) is 15.8. The Balaban J connectivity index is 1.79. The Hall–Kier alpha value is -2.42. The number of fused-ring (bicyclic) bond motifs is 1. The van der Waals surface area contributed by atoms with E-state index >= 15 is 0 Å². The SMILES string of the molecule is O=[N+]([O-])c1cccc([C@H]2SCCN2S(=O)(=O)c2cccc3ccccc23)c1. The molecule has 4 rings (SSSR count). The van der Waals surface area contributed by atoms with Crippen molar-refractivity contribution in [3.8, 4) is 0 Å². The van der Waals surface area contributed by atoms with Crippen LogP contribution in [0.5, 0.6) is 0 Å². The first-order valence-electron chi connectivity index (χ1n) is 8.34. The van der Waals surface area contributed by atoms with Gasteiger partial charge in [0, 0.05) is 29.8 Å². The van der Waals surface area contributed by atoms with Gasteiger partial charge in [0.05, 0.1) is 15.2 Å². The number of nitrogens with zero attached hydrogens (tertiary/aromatic N) is 2. The van der Waals surface area contributed by atoms with Gasteiger partial charge in [0.15, 0.2) is 0 Å². The smallest absolute Gasteiger partial charge is 0.258 e. The Kier molecular flexibility index (Phi) is 4.63. The Morgan fingerprint density at radius 1 is 1.04 bits per heavy atom. The minimum absolute atomic E-state index is 0.0393. The van der Waals surface area contributed by atoms with Crippen LogP contribution in [0.1, 0.15) is 10.9 Å². The Morgan fingerprint density at radius 2 is 1.78 bits per heavy atom. The quantitative estimate of drug-likeness (QED) is 0.485. The van der Waals surface area contributed by atoms with Gasteiger partial charge in [-0.2, -0.15) is 4.31 Å². The summed E-state index contributed by atoms with van der Waals surface area (Å²) in [7, 11) is -3.75. The molecule has 0 radical (unpaired) electrons. The maximum Gasteiger partial charge on any atom is 0.269 e. The summed E-state index contributed by atoms with van der Waals surface area (Å²) in [4.78, 5) is 10.9. The van der Waals surface area contributed by atoms with Crippen LogP contribution in [-0.2, 0) is 10.0 Å². The number of hydrogen-bond donors (Lipinski definition) is 0. The standard InChI is InChI=1S/C19H16N2O4S2/c22-21(23)16-8-3-7-15(13-16)19-20(11-12-26-19)27(24,25)18-10-4-6-14-5-1-2-9-17(14)18/h1-10,13,19H,11-12H2/t19-/m1/s1. The highest BCUT2D eigenvalue weighted by Crippen LogP contribution is 2.43. The number of hydrogen-bond acceptors (Lipinski definition) is 5. The average molecular weight is 400 g/mol. The molecule has 0 aliphatic carbocycles. The summed E-state index contributed by atoms with van der Waals surface area (Å²) in [5.74, 6) is 0.636. The van der Waals surface area contributed by atoms with Crippen molar-refractivity contribution >= 4 is 38.2 Å². The molecule has 1 fully saturated rings. The lowest BCUT2D eigenvalue weighted by Gasteiger charge is -2.24. The summed E-state index contributed by atoms with van der Waals surface area (Å²) in [6, 6.07) is 18.8. The van der Waals surface area contributed by atoms with E-state index in [9.17, 15) is 18.5 Å². The first kappa shape index (κ1) is 18.0. The molecule has 0 amide bonds. The fraction of sp³-hybridized carbons (Fsp3) is 0.158. The number of sulfonamides is 1. The normalized spacial score (nSPS) is 18.0. The van der Waals surface area contributed by atoms with Crippen molar-refractivity contribution in [2.24, 2.45) is 0 Å². The van der Waals surface area contributed by atoms with Crippen LogP contribution >= 0.6 is 11.8 Å². The van der Waals surface area contributed by atoms with E-state index in [1.165, 1.54) is 28.2 Å². The predicted octanol–water partition coefficient (Wildman–Crippen LogP) is 4.18. The van der Waals surface area contributed by atoms with Gasteiger partial charge in [0.25, 0.3) is 5.69 Å². The topological polar surface area (TPSA) is 80.5 Å². The maximum absolute atomic E-state index is 13.4. The molecular weight excluding hydrogens is 384 g/mol. The Bertz CT molecular complexity index is 1130. The van der Waals surface area contributed by atoms with Gasteiger partial charge < -0.3 is 0 Å². The van der Waals surface area contributed by atoms with Crippen molar-refractivity contribution in [3.05, 3.63) is 82.4 Å². The summed E-state index contributed by atoms with van der Waals surface area (Å²) in [6.07, 6.45) is 0. The van der Waals surface area contributed by atoms with Gasteiger partial charge in [-0.25, -0.2) is 8.42 Å². The van der Waals surface area contributed by atoms with Crippen LogP contribution < -0.4 is 0 Å². The zero-order valence-electron chi connectivity index (χ0n) is 14.2. The summed E-state index contributed by atoms with van der Waals surface area (Å²) in [5.41, 5.74) is 0.582. The minimum Gasteiger partial charge on any atom is -0.258 e. The molecule has 0 saturated carbocycles. The highest BCUT2D eigenvalue weighted by atomic mass is 32.2. The second-order valence-electron chi connectivity index (χ2n) is 6.17.